The van der Waals surface area contributed by atoms with Gasteiger partial charge in [0.1, 0.15) is 11.6 Å². The predicted molar refractivity (Wildman–Crippen MR) is 124 cm³/mol. The molecule has 0 aliphatic carbocycles. The number of aliphatic hydroxyl groups excluding tert-OH is 1. The Balaban J connectivity index is 1.52. The van der Waals surface area contributed by atoms with E-state index in [-0.39, 0.29) is 0 Å². The molecule has 0 spiro atoms. The predicted octanol–water partition coefficient (Wildman–Crippen LogP) is 6.49. The Morgan fingerprint density at radius 2 is 1.81 bits per heavy atom. The fourth-order valence-corrected chi connectivity index (χ4v) is 3.46. The Bertz CT molecular complexity index is 1240. The molecule has 4 rings (SSSR count). The van der Waals surface area contributed by atoms with Crippen molar-refractivity contribution in [2.45, 2.75) is 25.9 Å². The Morgan fingerprint density at radius 3 is 2.53 bits per heavy atom. The lowest BCUT2D eigenvalue weighted by molar-refractivity contribution is -0.0229. The van der Waals surface area contributed by atoms with Crippen LogP contribution in [0.2, 0.25) is 0 Å². The first-order valence-corrected chi connectivity index (χ1v) is 10.3. The lowest BCUT2D eigenvalue weighted by atomic mass is 9.96. The SMILES string of the molecule is CC(O)c1ccccc1-c1ccc2nc(/C=C/c3ccc(OCC(C)(F)F)cc3)[nH]c2c1. The molecular weight excluding hydrogens is 410 g/mol. The summed E-state index contributed by atoms with van der Waals surface area (Å²) in [5, 5.41) is 10.1. The highest BCUT2D eigenvalue weighted by Crippen LogP contribution is 2.30. The molecule has 0 aliphatic heterocycles. The van der Waals surface area contributed by atoms with E-state index in [1.165, 1.54) is 0 Å². The average Bonchev–Trinajstić information content (AvgIpc) is 3.18. The molecule has 3 aromatic carbocycles. The van der Waals surface area contributed by atoms with Crippen LogP contribution in [-0.4, -0.2) is 27.6 Å². The molecule has 2 N–H and O–H groups in total. The molecule has 1 aromatic heterocycles. The van der Waals surface area contributed by atoms with Crippen LogP contribution in [0, 0.1) is 0 Å². The van der Waals surface area contributed by atoms with Gasteiger partial charge in [-0.25, -0.2) is 13.8 Å². The van der Waals surface area contributed by atoms with Crippen LogP contribution < -0.4 is 4.74 Å². The van der Waals surface area contributed by atoms with Gasteiger partial charge in [0, 0.05) is 6.92 Å². The van der Waals surface area contributed by atoms with E-state index in [9.17, 15) is 13.9 Å². The third-order valence-corrected chi connectivity index (χ3v) is 5.03. The van der Waals surface area contributed by atoms with Gasteiger partial charge in [-0.1, -0.05) is 48.5 Å². The maximum absolute atomic E-state index is 12.9. The summed E-state index contributed by atoms with van der Waals surface area (Å²) in [5.74, 6) is -1.76. The van der Waals surface area contributed by atoms with Gasteiger partial charge in [0.15, 0.2) is 6.61 Å². The van der Waals surface area contributed by atoms with Crippen LogP contribution in [-0.2, 0) is 0 Å². The number of aromatic nitrogens is 2. The van der Waals surface area contributed by atoms with E-state index >= 15 is 0 Å². The first-order valence-electron chi connectivity index (χ1n) is 10.3. The van der Waals surface area contributed by atoms with E-state index in [0.29, 0.717) is 11.6 Å². The molecular formula is C26H24F2N2O2. The minimum Gasteiger partial charge on any atom is -0.487 e. The summed E-state index contributed by atoms with van der Waals surface area (Å²) in [7, 11) is 0. The molecule has 0 fully saturated rings. The van der Waals surface area contributed by atoms with Crippen LogP contribution in [0.15, 0.2) is 66.7 Å². The molecule has 1 atom stereocenters. The van der Waals surface area contributed by atoms with Gasteiger partial charge >= 0.3 is 0 Å². The van der Waals surface area contributed by atoms with Gasteiger partial charge in [-0.2, -0.15) is 0 Å². The highest BCUT2D eigenvalue weighted by Gasteiger charge is 2.21. The Labute approximate surface area is 185 Å². The molecule has 0 amide bonds. The topological polar surface area (TPSA) is 58.1 Å². The van der Waals surface area contributed by atoms with E-state index in [1.807, 2.05) is 54.6 Å². The molecule has 164 valence electrons. The highest BCUT2D eigenvalue weighted by molar-refractivity contribution is 5.84. The number of benzene rings is 3. The van der Waals surface area contributed by atoms with E-state index in [2.05, 4.69) is 9.97 Å². The van der Waals surface area contributed by atoms with Crippen molar-refractivity contribution in [3.05, 3.63) is 83.7 Å². The number of halogens is 2. The number of H-pyrrole nitrogens is 1. The van der Waals surface area contributed by atoms with Crippen molar-refractivity contribution < 1.29 is 18.6 Å². The quantitative estimate of drug-likeness (QED) is 0.350. The van der Waals surface area contributed by atoms with Crippen molar-refractivity contribution in [2.75, 3.05) is 6.61 Å². The molecule has 0 aliphatic rings. The number of alkyl halides is 2. The minimum atomic E-state index is -2.86. The van der Waals surface area contributed by atoms with E-state index in [1.54, 1.807) is 31.2 Å². The second-order valence-electron chi connectivity index (χ2n) is 7.88. The van der Waals surface area contributed by atoms with Crippen molar-refractivity contribution in [3.63, 3.8) is 0 Å². The maximum Gasteiger partial charge on any atom is 0.278 e. The standard InChI is InChI=1S/C26H24F2N2O2/c1-17(31)21-5-3-4-6-22(21)19-10-13-23-24(15-19)30-25(29-23)14-9-18-7-11-20(12-8-18)32-16-26(2,27)28/h3-15,17,31H,16H2,1-2H3,(H,29,30)/b14-9+. The van der Waals surface area contributed by atoms with Crippen molar-refractivity contribution >= 4 is 23.2 Å². The van der Waals surface area contributed by atoms with Gasteiger partial charge < -0.3 is 14.8 Å². The van der Waals surface area contributed by atoms with Gasteiger partial charge in [-0.3, -0.25) is 0 Å². The number of rotatable bonds is 7. The smallest absolute Gasteiger partial charge is 0.278 e. The Kier molecular flexibility index (Phi) is 6.06. The van der Waals surface area contributed by atoms with Gasteiger partial charge in [-0.05, 0) is 59.5 Å². The molecule has 1 heterocycles. The number of hydrogen-bond acceptors (Lipinski definition) is 3. The number of fused-ring (bicyclic) bond motifs is 1. The highest BCUT2D eigenvalue weighted by atomic mass is 19.3. The first kappa shape index (κ1) is 21.7. The number of nitrogens with one attached hydrogen (secondary N) is 1. The molecule has 4 aromatic rings. The average molecular weight is 434 g/mol. The molecule has 1 unspecified atom stereocenters. The fourth-order valence-electron chi connectivity index (χ4n) is 3.46. The molecule has 0 saturated heterocycles. The normalized spacial score (nSPS) is 13.0. The van der Waals surface area contributed by atoms with Gasteiger partial charge in [0.05, 0.1) is 17.1 Å². The minimum absolute atomic E-state index is 0.400. The summed E-state index contributed by atoms with van der Waals surface area (Å²) >= 11 is 0. The summed E-state index contributed by atoms with van der Waals surface area (Å²) in [6.45, 7) is 1.94. The molecule has 6 heteroatoms. The third kappa shape index (κ3) is 5.21. The van der Waals surface area contributed by atoms with Crippen LogP contribution in [0.4, 0.5) is 8.78 Å². The van der Waals surface area contributed by atoms with Crippen molar-refractivity contribution in [3.8, 4) is 16.9 Å². The van der Waals surface area contributed by atoms with Crippen LogP contribution >= 0.6 is 0 Å². The van der Waals surface area contributed by atoms with Crippen LogP contribution in [0.5, 0.6) is 5.75 Å². The number of ether oxygens (including phenoxy) is 1. The zero-order valence-corrected chi connectivity index (χ0v) is 17.8. The van der Waals surface area contributed by atoms with Crippen LogP contribution in [0.1, 0.15) is 36.9 Å². The second-order valence-corrected chi connectivity index (χ2v) is 7.88. The fraction of sp³-hybridized carbons (Fsp3) is 0.192. The van der Waals surface area contributed by atoms with Gasteiger partial charge in [-0.15, -0.1) is 0 Å². The maximum atomic E-state index is 12.9. The third-order valence-electron chi connectivity index (χ3n) is 5.03. The van der Waals surface area contributed by atoms with E-state index in [4.69, 9.17) is 4.74 Å². The monoisotopic (exact) mass is 434 g/mol. The van der Waals surface area contributed by atoms with Gasteiger partial charge in [0.25, 0.3) is 5.92 Å². The Morgan fingerprint density at radius 1 is 1.06 bits per heavy atom. The summed E-state index contributed by atoms with van der Waals surface area (Å²) in [5.41, 5.74) is 5.49. The summed E-state index contributed by atoms with van der Waals surface area (Å²) in [6, 6.07) is 20.7. The molecule has 0 saturated carbocycles. The number of hydrogen-bond donors (Lipinski definition) is 2. The van der Waals surface area contributed by atoms with Crippen molar-refractivity contribution in [1.82, 2.24) is 9.97 Å². The van der Waals surface area contributed by atoms with E-state index < -0.39 is 18.6 Å². The zero-order valence-electron chi connectivity index (χ0n) is 17.8. The number of nitrogens with zero attached hydrogens (tertiary/aromatic N) is 1. The first-order chi connectivity index (χ1) is 15.3. The summed E-state index contributed by atoms with van der Waals surface area (Å²) in [4.78, 5) is 7.90. The zero-order chi connectivity index (χ0) is 22.7. The lowest BCUT2D eigenvalue weighted by Gasteiger charge is -2.11. The number of aliphatic hydroxyl groups is 1. The lowest BCUT2D eigenvalue weighted by Crippen LogP contribution is -2.20. The molecule has 32 heavy (non-hydrogen) atoms. The van der Waals surface area contributed by atoms with Crippen LogP contribution in [0.3, 0.4) is 0 Å². The molecule has 4 nitrogen and oxygen atoms in total. The largest absolute Gasteiger partial charge is 0.487 e. The molecule has 0 radical (unpaired) electrons. The van der Waals surface area contributed by atoms with Crippen molar-refractivity contribution in [2.24, 2.45) is 0 Å². The van der Waals surface area contributed by atoms with Gasteiger partial charge in [0.2, 0.25) is 0 Å². The number of aromatic amines is 1. The van der Waals surface area contributed by atoms with Crippen LogP contribution in [0.25, 0.3) is 34.3 Å². The van der Waals surface area contributed by atoms with E-state index in [0.717, 1.165) is 40.2 Å². The Hall–Kier alpha value is -3.51. The summed E-state index contributed by atoms with van der Waals surface area (Å²) in [6.07, 6.45) is 3.19. The second kappa shape index (κ2) is 8.93. The summed E-state index contributed by atoms with van der Waals surface area (Å²) < 4.78 is 30.9. The number of imidazole rings is 1. The van der Waals surface area contributed by atoms with Crippen molar-refractivity contribution in [1.29, 1.82) is 0 Å². The molecule has 0 bridgehead atoms.